The molecule has 0 saturated heterocycles. The number of alkyl halides is 1. The van der Waals surface area contributed by atoms with Crippen molar-refractivity contribution in [2.75, 3.05) is 16.0 Å². The molecule has 0 aliphatic rings. The number of fused-ring (bicyclic) bond motifs is 1. The predicted octanol–water partition coefficient (Wildman–Crippen LogP) is 8.49. The zero-order chi connectivity index (χ0) is 33.4. The summed E-state index contributed by atoms with van der Waals surface area (Å²) in [4.78, 5) is 35.4. The number of halogens is 5. The summed E-state index contributed by atoms with van der Waals surface area (Å²) in [5.74, 6) is -1.33. The molecule has 236 valence electrons. The lowest BCUT2D eigenvalue weighted by Crippen LogP contribution is -2.21. The zero-order valence-corrected chi connectivity index (χ0v) is 28.5. The molecule has 11 nitrogen and oxygen atoms in total. The van der Waals surface area contributed by atoms with Crippen molar-refractivity contribution in [3.63, 3.8) is 0 Å². The van der Waals surface area contributed by atoms with E-state index >= 15 is 0 Å². The van der Waals surface area contributed by atoms with E-state index < -0.39 is 16.6 Å². The Morgan fingerprint density at radius 3 is 2.12 bits per heavy atom. The summed E-state index contributed by atoms with van der Waals surface area (Å²) in [6, 6.07) is 5.05. The Labute approximate surface area is 279 Å². The van der Waals surface area contributed by atoms with Gasteiger partial charge in [0, 0.05) is 31.9 Å². The minimum Gasteiger partial charge on any atom is -0.382 e. The molecule has 0 saturated carbocycles. The van der Waals surface area contributed by atoms with Crippen LogP contribution in [0.1, 0.15) is 60.8 Å². The van der Waals surface area contributed by atoms with E-state index in [0.717, 1.165) is 49.2 Å². The first-order valence-electron chi connectivity index (χ1n) is 13.8. The molecule has 16 heteroatoms. The fraction of sp³-hybridized carbons (Fsp3) is 0.407. The average Bonchev–Trinajstić information content (AvgIpc) is 3.30. The van der Waals surface area contributed by atoms with Gasteiger partial charge in [0.1, 0.15) is 5.82 Å². The van der Waals surface area contributed by atoms with Gasteiger partial charge < -0.3 is 21.2 Å². The molecule has 0 bridgehead atoms. The molecule has 43 heavy (non-hydrogen) atoms. The SMILES string of the molecule is CCC(CC)Nc1cc(Cl)cnc1N.CCC(CC)n1c(=O)[nH]c2ncc(Cl)cc21.O=[N+]([O-])c1ncc(Cl)cc1F.[2H]CI. The number of nitrogens with one attached hydrogen (secondary N) is 2. The van der Waals surface area contributed by atoms with Gasteiger partial charge in [-0.3, -0.25) is 9.55 Å². The Bertz CT molecular complexity index is 1540. The molecule has 0 spiro atoms. The Kier molecular flexibility index (Phi) is 16.5. The van der Waals surface area contributed by atoms with Gasteiger partial charge in [0.2, 0.25) is 5.82 Å². The van der Waals surface area contributed by atoms with E-state index in [-0.39, 0.29) is 16.8 Å². The first-order valence-corrected chi connectivity index (χ1v) is 15.8. The number of hydrogen-bond acceptors (Lipinski definition) is 8. The smallest absolute Gasteiger partial charge is 0.382 e. The lowest BCUT2D eigenvalue weighted by Gasteiger charge is -2.17. The number of nitro groups is 1. The number of rotatable bonds is 8. The van der Waals surface area contributed by atoms with Crippen LogP contribution in [-0.4, -0.2) is 40.4 Å². The van der Waals surface area contributed by atoms with Crippen molar-refractivity contribution >= 4 is 85.9 Å². The van der Waals surface area contributed by atoms with Crippen LogP contribution in [0.2, 0.25) is 15.1 Å². The quantitative estimate of drug-likeness (QED) is 0.0697. The molecule has 4 N–H and O–H groups in total. The summed E-state index contributed by atoms with van der Waals surface area (Å²) in [5, 5.41) is 14.5. The van der Waals surface area contributed by atoms with E-state index in [1.54, 1.807) is 16.8 Å². The van der Waals surface area contributed by atoms with Gasteiger partial charge in [0.25, 0.3) is 0 Å². The largest absolute Gasteiger partial charge is 0.399 e. The number of nitrogens with two attached hydrogens (primary N) is 1. The van der Waals surface area contributed by atoms with Crippen LogP contribution in [0.3, 0.4) is 0 Å². The molecule has 4 aromatic heterocycles. The van der Waals surface area contributed by atoms with Crippen molar-refractivity contribution in [2.45, 2.75) is 65.5 Å². The second kappa shape index (κ2) is 19.5. The van der Waals surface area contributed by atoms with Crippen LogP contribution in [0.15, 0.2) is 41.6 Å². The fourth-order valence-corrected chi connectivity index (χ4v) is 4.27. The van der Waals surface area contributed by atoms with Gasteiger partial charge in [-0.1, -0.05) is 85.1 Å². The zero-order valence-electron chi connectivity index (χ0n) is 25.1. The summed E-state index contributed by atoms with van der Waals surface area (Å²) in [6.45, 7) is 8.40. The van der Waals surface area contributed by atoms with Crippen LogP contribution in [-0.2, 0) is 0 Å². The summed E-state index contributed by atoms with van der Waals surface area (Å²) in [5.41, 5.74) is 7.81. The highest BCUT2D eigenvalue weighted by Crippen LogP contribution is 2.23. The summed E-state index contributed by atoms with van der Waals surface area (Å²) >= 11 is 19.0. The topological polar surface area (TPSA) is 158 Å². The summed E-state index contributed by atoms with van der Waals surface area (Å²) in [6.07, 6.45) is 8.05. The standard InChI is InChI=1S/C11H14ClN3O.C10H16ClN3.C5H2ClFN2O2.CH3I/c1-3-8(4-2)15-9-5-7(12)6-13-10(9)14-11(15)16;1-3-8(4-2)14-9-5-7(11)6-13-10(9)12;6-3-1-4(7)5(8-2-3)9(10)11;1-2/h5-6,8H,3-4H2,1-2H3,(H,13,14,16);5-6,8,14H,3-4H2,1-2H3,(H2,12,13);1-2H;1H3/i;;;1D. The van der Waals surface area contributed by atoms with Gasteiger partial charge in [-0.05, 0) is 52.6 Å². The van der Waals surface area contributed by atoms with Crippen molar-refractivity contribution in [1.82, 2.24) is 24.5 Å². The number of H-pyrrole nitrogens is 1. The number of nitrogens with zero attached hydrogens (tertiary/aromatic N) is 5. The third kappa shape index (κ3) is 11.7. The van der Waals surface area contributed by atoms with Gasteiger partial charge in [-0.2, -0.15) is 4.39 Å². The second-order valence-corrected chi connectivity index (χ2v) is 10.1. The van der Waals surface area contributed by atoms with Gasteiger partial charge in [-0.25, -0.2) is 14.8 Å². The lowest BCUT2D eigenvalue weighted by atomic mass is 10.1. The fourth-order valence-electron chi connectivity index (χ4n) is 3.82. The van der Waals surface area contributed by atoms with E-state index in [0.29, 0.717) is 32.5 Å². The van der Waals surface area contributed by atoms with E-state index in [1.165, 1.54) is 6.20 Å². The van der Waals surface area contributed by atoms with Gasteiger partial charge in [-0.15, -0.1) is 0 Å². The minimum atomic E-state index is -1.03. The van der Waals surface area contributed by atoms with E-state index in [9.17, 15) is 19.3 Å². The van der Waals surface area contributed by atoms with Crippen LogP contribution in [0.25, 0.3) is 11.2 Å². The molecule has 0 radical (unpaired) electrons. The maximum Gasteiger partial charge on any atom is 0.399 e. The third-order valence-electron chi connectivity index (χ3n) is 6.04. The first-order chi connectivity index (χ1) is 20.9. The number of pyridine rings is 3. The first kappa shape index (κ1) is 36.4. The molecule has 0 aromatic carbocycles. The Hall–Kier alpha value is -2.75. The second-order valence-electron chi connectivity index (χ2n) is 8.75. The van der Waals surface area contributed by atoms with Crippen molar-refractivity contribution < 1.29 is 10.7 Å². The Morgan fingerprint density at radius 1 is 1.05 bits per heavy atom. The molecule has 0 fully saturated rings. The highest BCUT2D eigenvalue weighted by molar-refractivity contribution is 14.1. The van der Waals surface area contributed by atoms with Crippen molar-refractivity contribution in [2.24, 2.45) is 0 Å². The highest BCUT2D eigenvalue weighted by atomic mass is 127. The summed E-state index contributed by atoms with van der Waals surface area (Å²) < 4.78 is 20.5. The van der Waals surface area contributed by atoms with Crippen molar-refractivity contribution in [3.8, 4) is 0 Å². The van der Waals surface area contributed by atoms with Gasteiger partial charge in [0.05, 0.1) is 26.3 Å². The van der Waals surface area contributed by atoms with Crippen LogP contribution in [0, 0.1) is 15.9 Å². The van der Waals surface area contributed by atoms with Crippen molar-refractivity contribution in [1.29, 1.82) is 0 Å². The minimum absolute atomic E-state index is 0.0353. The van der Waals surface area contributed by atoms with Gasteiger partial charge in [0.15, 0.2) is 11.8 Å². The normalized spacial score (nSPS) is 10.6. The predicted molar refractivity (Wildman–Crippen MR) is 182 cm³/mol. The van der Waals surface area contributed by atoms with E-state index in [1.807, 2.05) is 28.7 Å². The Balaban J connectivity index is 0.000000320. The number of aromatic amines is 1. The average molecular weight is 773 g/mol. The molecule has 0 aliphatic carbocycles. The Morgan fingerprint density at radius 2 is 1.58 bits per heavy atom. The molecule has 0 aliphatic heterocycles. The number of anilines is 2. The number of aromatic nitrogens is 5. The molecule has 4 heterocycles. The number of hydrogen-bond donors (Lipinski definition) is 3. The van der Waals surface area contributed by atoms with Crippen LogP contribution < -0.4 is 16.7 Å². The molecular formula is C27H35Cl3FIN8O3. The van der Waals surface area contributed by atoms with E-state index in [2.05, 4.69) is 52.9 Å². The maximum absolute atomic E-state index is 12.5. The lowest BCUT2D eigenvalue weighted by molar-refractivity contribution is -0.392. The molecule has 0 atom stereocenters. The maximum atomic E-state index is 12.5. The summed E-state index contributed by atoms with van der Waals surface area (Å²) in [7, 11) is 0. The molecular weight excluding hydrogens is 737 g/mol. The van der Waals surface area contributed by atoms with Gasteiger partial charge >= 0.3 is 11.5 Å². The van der Waals surface area contributed by atoms with E-state index in [4.69, 9.17) is 41.9 Å². The molecule has 4 aromatic rings. The van der Waals surface area contributed by atoms with Crippen molar-refractivity contribution in [3.05, 3.63) is 78.3 Å². The molecule has 4 rings (SSSR count). The number of nitrogen functional groups attached to an aromatic ring is 1. The third-order valence-corrected chi connectivity index (χ3v) is 6.66. The number of imidazole rings is 1. The highest BCUT2D eigenvalue weighted by Gasteiger charge is 2.16. The van der Waals surface area contributed by atoms with Crippen LogP contribution in [0.4, 0.5) is 21.7 Å². The monoisotopic (exact) mass is 771 g/mol. The van der Waals surface area contributed by atoms with Crippen LogP contribution >= 0.6 is 57.4 Å². The van der Waals surface area contributed by atoms with Crippen LogP contribution in [0.5, 0.6) is 0 Å². The molecule has 0 amide bonds. The molecule has 0 unspecified atom stereocenters.